The first-order valence-corrected chi connectivity index (χ1v) is 11.5. The zero-order valence-corrected chi connectivity index (χ0v) is 19.1. The summed E-state index contributed by atoms with van der Waals surface area (Å²) < 4.78 is 33.0. The van der Waals surface area contributed by atoms with E-state index in [1.54, 1.807) is 17.9 Å². The van der Waals surface area contributed by atoms with Crippen LogP contribution in [0.4, 0.5) is 4.39 Å². The number of aromatic nitrogens is 3. The molecular weight excluding hydrogens is 441 g/mol. The number of piperidine rings is 1. The Morgan fingerprint density at radius 3 is 2.82 bits per heavy atom. The highest BCUT2D eigenvalue weighted by atomic mass is 19.1. The van der Waals surface area contributed by atoms with E-state index in [0.29, 0.717) is 68.6 Å². The molecule has 180 valence electrons. The van der Waals surface area contributed by atoms with Crippen LogP contribution in [-0.2, 0) is 13.1 Å². The monoisotopic (exact) mass is 469 g/mol. The van der Waals surface area contributed by atoms with Crippen molar-refractivity contribution >= 4 is 11.0 Å². The number of halogens is 1. The van der Waals surface area contributed by atoms with Gasteiger partial charge in [-0.25, -0.2) is 9.37 Å². The quantitative estimate of drug-likeness (QED) is 0.560. The second-order valence-electron chi connectivity index (χ2n) is 8.51. The van der Waals surface area contributed by atoms with Gasteiger partial charge in [0.05, 0.1) is 36.2 Å². The highest BCUT2D eigenvalue weighted by Gasteiger charge is 2.29. The number of rotatable bonds is 7. The van der Waals surface area contributed by atoms with Crippen molar-refractivity contribution < 1.29 is 18.6 Å². The molecule has 0 amide bonds. The highest BCUT2D eigenvalue weighted by molar-refractivity contribution is 5.76. The second-order valence-corrected chi connectivity index (χ2v) is 8.51. The first kappa shape index (κ1) is 22.5. The third-order valence-electron chi connectivity index (χ3n) is 6.35. The lowest BCUT2D eigenvalue weighted by atomic mass is 10.0. The van der Waals surface area contributed by atoms with Crippen molar-refractivity contribution in [3.05, 3.63) is 52.7 Å². The van der Waals surface area contributed by atoms with Gasteiger partial charge >= 0.3 is 0 Å². The van der Waals surface area contributed by atoms with Crippen LogP contribution in [0.2, 0.25) is 0 Å². The van der Waals surface area contributed by atoms with Crippen molar-refractivity contribution in [3.63, 3.8) is 0 Å². The van der Waals surface area contributed by atoms with E-state index in [-0.39, 0.29) is 11.6 Å². The van der Waals surface area contributed by atoms with Crippen molar-refractivity contribution in [1.82, 2.24) is 24.8 Å². The van der Waals surface area contributed by atoms with E-state index in [1.165, 1.54) is 6.20 Å². The predicted molar refractivity (Wildman–Crippen MR) is 124 cm³/mol. The van der Waals surface area contributed by atoms with Crippen molar-refractivity contribution in [2.75, 3.05) is 40.0 Å². The van der Waals surface area contributed by atoms with Gasteiger partial charge in [0.15, 0.2) is 11.5 Å². The fraction of sp³-hybridized carbons (Fsp3) is 0.458. The Balaban J connectivity index is 1.17. The number of nitrogens with one attached hydrogen (secondary N) is 1. The normalized spacial score (nSPS) is 20.4. The molecule has 10 heteroatoms. The zero-order chi connectivity index (χ0) is 23.5. The van der Waals surface area contributed by atoms with E-state index in [0.717, 1.165) is 17.8 Å². The molecular formula is C24H28FN5O4. The van der Waals surface area contributed by atoms with E-state index in [4.69, 9.17) is 14.2 Å². The lowest BCUT2D eigenvalue weighted by molar-refractivity contribution is 0.100. The number of alkyl halides is 1. The molecule has 1 N–H and O–H groups in total. The fourth-order valence-electron chi connectivity index (χ4n) is 4.46. The lowest BCUT2D eigenvalue weighted by Gasteiger charge is -2.35. The standard InChI is InChI=1S/C24H28FN5O4/c1-32-17-2-3-20-21(11-17)30(24(31)14-28-20)7-6-29-5-4-19(18(25)15-29)27-12-16-10-22-23(13-26-16)34-9-8-33-22/h2-3,10-11,13-14,18-19,27H,4-9,12,15H2,1H3/t18-,19-/m0/s1. The van der Waals surface area contributed by atoms with Crippen LogP contribution in [-0.4, -0.2) is 71.6 Å². The summed E-state index contributed by atoms with van der Waals surface area (Å²) in [6, 6.07) is 7.05. The first-order valence-electron chi connectivity index (χ1n) is 11.5. The lowest BCUT2D eigenvalue weighted by Crippen LogP contribution is -2.51. The molecule has 4 heterocycles. The average molecular weight is 470 g/mol. The third kappa shape index (κ3) is 4.83. The van der Waals surface area contributed by atoms with Crippen LogP contribution in [0.3, 0.4) is 0 Å². The van der Waals surface area contributed by atoms with Crippen LogP contribution in [0, 0.1) is 0 Å². The summed E-state index contributed by atoms with van der Waals surface area (Å²) in [6.45, 7) is 3.59. The van der Waals surface area contributed by atoms with Crippen LogP contribution in [0.25, 0.3) is 11.0 Å². The van der Waals surface area contributed by atoms with Crippen LogP contribution in [0.5, 0.6) is 17.2 Å². The number of hydrogen-bond donors (Lipinski definition) is 1. The molecule has 2 aliphatic heterocycles. The smallest absolute Gasteiger partial charge is 0.269 e. The van der Waals surface area contributed by atoms with Gasteiger partial charge in [-0.3, -0.25) is 14.7 Å². The van der Waals surface area contributed by atoms with Crippen LogP contribution >= 0.6 is 0 Å². The Hall–Kier alpha value is -3.24. The van der Waals surface area contributed by atoms with Gasteiger partial charge in [0.2, 0.25) is 0 Å². The van der Waals surface area contributed by atoms with Gasteiger partial charge in [0.1, 0.15) is 25.1 Å². The minimum atomic E-state index is -1.02. The molecule has 9 nitrogen and oxygen atoms in total. The highest BCUT2D eigenvalue weighted by Crippen LogP contribution is 2.29. The molecule has 2 atom stereocenters. The third-order valence-corrected chi connectivity index (χ3v) is 6.35. The maximum Gasteiger partial charge on any atom is 0.269 e. The summed E-state index contributed by atoms with van der Waals surface area (Å²) >= 11 is 0. The predicted octanol–water partition coefficient (Wildman–Crippen LogP) is 1.77. The number of fused-ring (bicyclic) bond motifs is 2. The van der Waals surface area contributed by atoms with Crippen LogP contribution in [0.1, 0.15) is 12.1 Å². The fourth-order valence-corrected chi connectivity index (χ4v) is 4.46. The van der Waals surface area contributed by atoms with Gasteiger partial charge in [-0.2, -0.15) is 0 Å². The van der Waals surface area contributed by atoms with E-state index in [2.05, 4.69) is 20.2 Å². The Morgan fingerprint density at radius 1 is 1.15 bits per heavy atom. The Morgan fingerprint density at radius 2 is 2.00 bits per heavy atom. The Kier molecular flexibility index (Phi) is 6.59. The van der Waals surface area contributed by atoms with Crippen LogP contribution < -0.4 is 25.1 Å². The Bertz CT molecular complexity index is 1220. The summed E-state index contributed by atoms with van der Waals surface area (Å²) in [5.74, 6) is 1.99. The van der Waals surface area contributed by atoms with Gasteiger partial charge in [-0.15, -0.1) is 0 Å². The number of ether oxygens (including phenoxy) is 3. The number of likely N-dealkylation sites (tertiary alicyclic amines) is 1. The minimum absolute atomic E-state index is 0.180. The topological polar surface area (TPSA) is 90.7 Å². The molecule has 2 aliphatic rings. The summed E-state index contributed by atoms with van der Waals surface area (Å²) in [7, 11) is 1.59. The summed E-state index contributed by atoms with van der Waals surface area (Å²) in [5, 5.41) is 3.30. The summed E-state index contributed by atoms with van der Waals surface area (Å²) in [5.41, 5.74) is 2.05. The van der Waals surface area contributed by atoms with E-state index < -0.39 is 6.17 Å². The molecule has 2 aromatic heterocycles. The van der Waals surface area contributed by atoms with Crippen LogP contribution in [0.15, 0.2) is 41.5 Å². The van der Waals surface area contributed by atoms with E-state index in [9.17, 15) is 9.18 Å². The molecule has 3 aromatic rings. The van der Waals surface area contributed by atoms with Crippen molar-refractivity contribution in [3.8, 4) is 17.2 Å². The summed E-state index contributed by atoms with van der Waals surface area (Å²) in [4.78, 5) is 23.1. The van der Waals surface area contributed by atoms with Crippen molar-refractivity contribution in [1.29, 1.82) is 0 Å². The largest absolute Gasteiger partial charge is 0.497 e. The Labute approximate surface area is 196 Å². The number of pyridine rings is 1. The molecule has 0 unspecified atom stereocenters. The molecule has 1 fully saturated rings. The molecule has 0 bridgehead atoms. The van der Waals surface area contributed by atoms with Crippen molar-refractivity contribution in [2.45, 2.75) is 31.7 Å². The molecule has 1 aromatic carbocycles. The maximum atomic E-state index is 15.0. The molecule has 0 radical (unpaired) electrons. The zero-order valence-electron chi connectivity index (χ0n) is 19.1. The molecule has 5 rings (SSSR count). The molecule has 34 heavy (non-hydrogen) atoms. The number of nitrogens with zero attached hydrogens (tertiary/aromatic N) is 4. The van der Waals surface area contributed by atoms with E-state index >= 15 is 0 Å². The maximum absolute atomic E-state index is 15.0. The average Bonchev–Trinajstić information content (AvgIpc) is 2.87. The minimum Gasteiger partial charge on any atom is -0.497 e. The van der Waals surface area contributed by atoms with Gasteiger partial charge in [-0.05, 0) is 25.1 Å². The van der Waals surface area contributed by atoms with Gasteiger partial charge in [0.25, 0.3) is 5.56 Å². The van der Waals surface area contributed by atoms with Gasteiger partial charge < -0.3 is 24.1 Å². The summed E-state index contributed by atoms with van der Waals surface area (Å²) in [6.07, 6.45) is 2.64. The van der Waals surface area contributed by atoms with Gasteiger partial charge in [0, 0.05) is 44.4 Å². The number of hydrogen-bond acceptors (Lipinski definition) is 8. The second kappa shape index (κ2) is 9.94. The molecule has 0 spiro atoms. The van der Waals surface area contributed by atoms with Crippen molar-refractivity contribution in [2.24, 2.45) is 0 Å². The first-order chi connectivity index (χ1) is 16.6. The molecule has 1 saturated heterocycles. The molecule has 0 saturated carbocycles. The number of methoxy groups -OCH3 is 1. The van der Waals surface area contributed by atoms with Gasteiger partial charge in [-0.1, -0.05) is 0 Å². The molecule has 0 aliphatic carbocycles. The SMILES string of the molecule is COc1ccc2ncc(=O)n(CCN3CC[C@H](NCc4cc5c(cn4)OCCO5)[C@@H](F)C3)c2c1. The van der Waals surface area contributed by atoms with E-state index in [1.807, 2.05) is 24.3 Å². The number of benzene rings is 1.